The van der Waals surface area contributed by atoms with Gasteiger partial charge in [0.05, 0.1) is 5.54 Å². The van der Waals surface area contributed by atoms with Gasteiger partial charge in [-0.25, -0.2) is 0 Å². The zero-order chi connectivity index (χ0) is 17.0. The van der Waals surface area contributed by atoms with Crippen molar-refractivity contribution in [2.24, 2.45) is 5.73 Å². The molecule has 0 saturated carbocycles. The molecule has 1 aliphatic heterocycles. The van der Waals surface area contributed by atoms with E-state index in [1.807, 2.05) is 38.1 Å². The van der Waals surface area contributed by atoms with Crippen LogP contribution < -0.4 is 16.0 Å². The van der Waals surface area contributed by atoms with Crippen LogP contribution in [0.5, 0.6) is 0 Å². The van der Waals surface area contributed by atoms with Crippen LogP contribution >= 0.6 is 12.4 Å². The van der Waals surface area contributed by atoms with E-state index in [2.05, 4.69) is 5.32 Å². The molecule has 134 valence electrons. The van der Waals surface area contributed by atoms with Crippen LogP contribution in [-0.2, 0) is 9.59 Å². The summed E-state index contributed by atoms with van der Waals surface area (Å²) in [5, 5.41) is 2.85. The first-order valence-electron chi connectivity index (χ1n) is 8.33. The monoisotopic (exact) mass is 353 g/mol. The number of anilines is 1. The van der Waals surface area contributed by atoms with E-state index in [0.29, 0.717) is 19.4 Å². The molecular weight excluding hydrogens is 326 g/mol. The van der Waals surface area contributed by atoms with E-state index < -0.39 is 11.6 Å². The Labute approximate surface area is 150 Å². The summed E-state index contributed by atoms with van der Waals surface area (Å²) in [5.41, 5.74) is 7.16. The molecule has 0 bridgehead atoms. The summed E-state index contributed by atoms with van der Waals surface area (Å²) in [6, 6.07) is 7.38. The molecule has 0 aliphatic carbocycles. The zero-order valence-corrected chi connectivity index (χ0v) is 15.5. The molecular formula is C18H28ClN3O2. The maximum atomic E-state index is 12.7. The second kappa shape index (κ2) is 8.49. The van der Waals surface area contributed by atoms with Crippen molar-refractivity contribution < 1.29 is 9.59 Å². The van der Waals surface area contributed by atoms with E-state index in [-0.39, 0.29) is 24.2 Å². The largest absolute Gasteiger partial charge is 0.343 e. The van der Waals surface area contributed by atoms with Crippen molar-refractivity contribution in [2.75, 3.05) is 11.4 Å². The highest BCUT2D eigenvalue weighted by Gasteiger charge is 2.35. The van der Waals surface area contributed by atoms with Crippen LogP contribution in [0, 0.1) is 6.92 Å². The van der Waals surface area contributed by atoms with Crippen molar-refractivity contribution in [3.05, 3.63) is 29.8 Å². The number of benzene rings is 1. The lowest BCUT2D eigenvalue weighted by molar-refractivity contribution is -0.131. The standard InChI is InChI=1S/C18H27N3O2.ClH/c1-4-11-18(3,19)17(23)20-15-6-5-12-21(16(15)22)14-9-7-13(2)8-10-14;/h7-10,15H,4-6,11-12,19H2,1-3H3,(H,20,23);1H. The number of nitrogens with zero attached hydrogens (tertiary/aromatic N) is 1. The first-order chi connectivity index (χ1) is 10.8. The minimum absolute atomic E-state index is 0. The molecule has 0 spiro atoms. The molecule has 1 aromatic rings. The fourth-order valence-corrected chi connectivity index (χ4v) is 2.95. The summed E-state index contributed by atoms with van der Waals surface area (Å²) in [5.74, 6) is -0.302. The van der Waals surface area contributed by atoms with Crippen LogP contribution in [0.1, 0.15) is 45.1 Å². The predicted molar refractivity (Wildman–Crippen MR) is 99.4 cm³/mol. The number of halogens is 1. The molecule has 5 nitrogen and oxygen atoms in total. The van der Waals surface area contributed by atoms with Gasteiger partial charge < -0.3 is 16.0 Å². The fourth-order valence-electron chi connectivity index (χ4n) is 2.95. The Kier molecular flexibility index (Phi) is 7.24. The highest BCUT2D eigenvalue weighted by Crippen LogP contribution is 2.22. The fraction of sp³-hybridized carbons (Fsp3) is 0.556. The Bertz CT molecular complexity index is 572. The maximum Gasteiger partial charge on any atom is 0.249 e. The Hall–Kier alpha value is -1.59. The van der Waals surface area contributed by atoms with Gasteiger partial charge in [-0.3, -0.25) is 9.59 Å². The summed E-state index contributed by atoms with van der Waals surface area (Å²) in [7, 11) is 0. The van der Waals surface area contributed by atoms with E-state index in [1.54, 1.807) is 11.8 Å². The number of carbonyl (C=O) groups is 2. The number of carbonyl (C=O) groups excluding carboxylic acids is 2. The lowest BCUT2D eigenvalue weighted by Gasteiger charge is -2.34. The zero-order valence-electron chi connectivity index (χ0n) is 14.7. The molecule has 3 N–H and O–H groups in total. The summed E-state index contributed by atoms with van der Waals surface area (Å²) in [4.78, 5) is 26.8. The summed E-state index contributed by atoms with van der Waals surface area (Å²) in [6.45, 7) is 6.41. The molecule has 2 unspecified atom stereocenters. The Morgan fingerprint density at radius 2 is 2.00 bits per heavy atom. The number of hydrogen-bond donors (Lipinski definition) is 2. The van der Waals surface area contributed by atoms with Gasteiger partial charge in [-0.1, -0.05) is 31.0 Å². The van der Waals surface area contributed by atoms with E-state index in [1.165, 1.54) is 0 Å². The van der Waals surface area contributed by atoms with Crippen molar-refractivity contribution in [1.29, 1.82) is 0 Å². The van der Waals surface area contributed by atoms with Gasteiger partial charge in [-0.05, 0) is 45.2 Å². The van der Waals surface area contributed by atoms with E-state index in [9.17, 15) is 9.59 Å². The second-order valence-corrected chi connectivity index (χ2v) is 6.66. The highest BCUT2D eigenvalue weighted by molar-refractivity contribution is 6.00. The van der Waals surface area contributed by atoms with E-state index in [4.69, 9.17) is 5.73 Å². The molecule has 24 heavy (non-hydrogen) atoms. The van der Waals surface area contributed by atoms with E-state index in [0.717, 1.165) is 24.1 Å². The molecule has 1 fully saturated rings. The third-order valence-electron chi connectivity index (χ3n) is 4.38. The van der Waals surface area contributed by atoms with Gasteiger partial charge in [0.1, 0.15) is 6.04 Å². The number of piperidine rings is 1. The van der Waals surface area contributed by atoms with Crippen LogP contribution in [0.4, 0.5) is 5.69 Å². The summed E-state index contributed by atoms with van der Waals surface area (Å²) < 4.78 is 0. The number of aryl methyl sites for hydroxylation is 1. The average molecular weight is 354 g/mol. The number of nitrogens with one attached hydrogen (secondary N) is 1. The Morgan fingerprint density at radius 1 is 1.38 bits per heavy atom. The maximum absolute atomic E-state index is 12.7. The van der Waals surface area contributed by atoms with Crippen molar-refractivity contribution in [3.63, 3.8) is 0 Å². The van der Waals surface area contributed by atoms with Gasteiger partial charge in [-0.15, -0.1) is 12.4 Å². The molecule has 0 radical (unpaired) electrons. The minimum atomic E-state index is -0.929. The third-order valence-corrected chi connectivity index (χ3v) is 4.38. The summed E-state index contributed by atoms with van der Waals surface area (Å²) in [6.07, 6.45) is 2.95. The SMILES string of the molecule is CCCC(C)(N)C(=O)NC1CCCN(c2ccc(C)cc2)C1=O.Cl. The van der Waals surface area contributed by atoms with Crippen molar-refractivity contribution in [3.8, 4) is 0 Å². The number of amides is 2. The number of nitrogens with two attached hydrogens (primary N) is 1. The van der Waals surface area contributed by atoms with Gasteiger partial charge in [0.2, 0.25) is 11.8 Å². The first-order valence-corrected chi connectivity index (χ1v) is 8.33. The first kappa shape index (κ1) is 20.5. The molecule has 1 aromatic carbocycles. The van der Waals surface area contributed by atoms with Gasteiger partial charge in [0.15, 0.2) is 0 Å². The van der Waals surface area contributed by atoms with Crippen LogP contribution in [0.25, 0.3) is 0 Å². The van der Waals surface area contributed by atoms with Gasteiger partial charge >= 0.3 is 0 Å². The van der Waals surface area contributed by atoms with Crippen molar-refractivity contribution in [1.82, 2.24) is 5.32 Å². The van der Waals surface area contributed by atoms with Crippen LogP contribution in [0.15, 0.2) is 24.3 Å². The van der Waals surface area contributed by atoms with Gasteiger partial charge in [0.25, 0.3) is 0 Å². The summed E-state index contributed by atoms with van der Waals surface area (Å²) >= 11 is 0. The van der Waals surface area contributed by atoms with Crippen LogP contribution in [0.2, 0.25) is 0 Å². The van der Waals surface area contributed by atoms with Crippen LogP contribution in [0.3, 0.4) is 0 Å². The minimum Gasteiger partial charge on any atom is -0.343 e. The highest BCUT2D eigenvalue weighted by atomic mass is 35.5. The number of rotatable bonds is 5. The van der Waals surface area contributed by atoms with Gasteiger partial charge in [0, 0.05) is 12.2 Å². The molecule has 1 aliphatic rings. The smallest absolute Gasteiger partial charge is 0.249 e. The Balaban J connectivity index is 0.00000288. The molecule has 2 amide bonds. The molecule has 2 atom stereocenters. The third kappa shape index (κ3) is 4.71. The van der Waals surface area contributed by atoms with E-state index >= 15 is 0 Å². The van der Waals surface area contributed by atoms with Crippen molar-refractivity contribution >= 4 is 29.9 Å². The quantitative estimate of drug-likeness (QED) is 0.854. The average Bonchev–Trinajstić information content (AvgIpc) is 2.50. The van der Waals surface area contributed by atoms with Crippen molar-refractivity contribution in [2.45, 2.75) is 58.0 Å². The lowest BCUT2D eigenvalue weighted by atomic mass is 9.95. The normalized spacial score (nSPS) is 20.1. The second-order valence-electron chi connectivity index (χ2n) is 6.66. The lowest BCUT2D eigenvalue weighted by Crippen LogP contribution is -2.59. The predicted octanol–water partition coefficient (Wildman–Crippen LogP) is 2.55. The van der Waals surface area contributed by atoms with Crippen LogP contribution in [-0.4, -0.2) is 29.9 Å². The van der Waals surface area contributed by atoms with Gasteiger partial charge in [-0.2, -0.15) is 0 Å². The topological polar surface area (TPSA) is 75.4 Å². The number of hydrogen-bond acceptors (Lipinski definition) is 3. The molecule has 1 heterocycles. The Morgan fingerprint density at radius 3 is 2.58 bits per heavy atom. The molecule has 1 saturated heterocycles. The molecule has 2 rings (SSSR count). The molecule has 6 heteroatoms. The molecule has 0 aromatic heterocycles.